The number of nitrogens with one attached hydrogen (secondary N) is 1. The van der Waals surface area contributed by atoms with E-state index in [4.69, 9.17) is 0 Å². The zero-order chi connectivity index (χ0) is 20.1. The van der Waals surface area contributed by atoms with Gasteiger partial charge in [-0.25, -0.2) is 4.39 Å². The molecule has 0 saturated carbocycles. The number of hydrogen-bond acceptors (Lipinski definition) is 5. The molecule has 6 nitrogen and oxygen atoms in total. The topological polar surface area (TPSA) is 76.9 Å². The van der Waals surface area contributed by atoms with E-state index >= 15 is 0 Å². The van der Waals surface area contributed by atoms with E-state index in [9.17, 15) is 14.0 Å². The average Bonchev–Trinajstić information content (AvgIpc) is 3.04. The number of carbonyl (C=O) groups is 2. The molecule has 0 spiro atoms. The van der Waals surface area contributed by atoms with Crippen molar-refractivity contribution in [1.82, 2.24) is 20.1 Å². The first-order chi connectivity index (χ1) is 13.4. The Morgan fingerprint density at radius 2 is 1.86 bits per heavy atom. The van der Waals surface area contributed by atoms with Crippen LogP contribution in [-0.4, -0.2) is 32.2 Å². The lowest BCUT2D eigenvalue weighted by Crippen LogP contribution is -2.24. The van der Waals surface area contributed by atoms with Crippen LogP contribution in [-0.2, 0) is 13.6 Å². The summed E-state index contributed by atoms with van der Waals surface area (Å²) < 4.78 is 14.7. The standard InChI is InChI=1S/C20H19FN4O2S/c1-13-4-3-5-15(10-13)19(27)22-11-18-23-24-20(25(18)2)28-12-17(26)14-6-8-16(21)9-7-14/h3-10H,11-12H2,1-2H3,(H,22,27). The van der Waals surface area contributed by atoms with Crippen molar-refractivity contribution in [3.05, 3.63) is 76.9 Å². The summed E-state index contributed by atoms with van der Waals surface area (Å²) in [5.41, 5.74) is 2.04. The number of thioether (sulfide) groups is 1. The number of rotatable bonds is 7. The third-order valence-corrected chi connectivity index (χ3v) is 5.13. The fraction of sp³-hybridized carbons (Fsp3) is 0.200. The van der Waals surface area contributed by atoms with E-state index < -0.39 is 0 Å². The first-order valence-electron chi connectivity index (χ1n) is 8.59. The van der Waals surface area contributed by atoms with Gasteiger partial charge in [0.15, 0.2) is 16.8 Å². The SMILES string of the molecule is Cc1cccc(C(=O)NCc2nnc(SCC(=O)c3ccc(F)cc3)n2C)c1. The monoisotopic (exact) mass is 398 g/mol. The molecule has 0 atom stereocenters. The summed E-state index contributed by atoms with van der Waals surface area (Å²) >= 11 is 1.24. The molecule has 0 fully saturated rings. The number of ketones is 1. The van der Waals surface area contributed by atoms with Gasteiger partial charge in [-0.2, -0.15) is 0 Å². The number of Topliss-reactive ketones (excluding diaryl/α,β-unsaturated/α-hetero) is 1. The molecule has 3 rings (SSSR count). The van der Waals surface area contributed by atoms with Crippen LogP contribution in [0.15, 0.2) is 53.7 Å². The van der Waals surface area contributed by atoms with Gasteiger partial charge in [-0.1, -0.05) is 29.5 Å². The number of nitrogens with zero attached hydrogens (tertiary/aromatic N) is 3. The number of halogens is 1. The summed E-state index contributed by atoms with van der Waals surface area (Å²) in [7, 11) is 1.78. The smallest absolute Gasteiger partial charge is 0.251 e. The molecule has 28 heavy (non-hydrogen) atoms. The Hall–Kier alpha value is -3.00. The highest BCUT2D eigenvalue weighted by atomic mass is 32.2. The molecular formula is C20H19FN4O2S. The summed E-state index contributed by atoms with van der Waals surface area (Å²) in [4.78, 5) is 24.4. The van der Waals surface area contributed by atoms with Crippen LogP contribution in [0.1, 0.15) is 32.1 Å². The van der Waals surface area contributed by atoms with Crippen LogP contribution in [0.4, 0.5) is 4.39 Å². The van der Waals surface area contributed by atoms with E-state index in [-0.39, 0.29) is 29.8 Å². The van der Waals surface area contributed by atoms with Gasteiger partial charge in [0.2, 0.25) is 0 Å². The van der Waals surface area contributed by atoms with Crippen molar-refractivity contribution in [2.75, 3.05) is 5.75 Å². The predicted octanol–water partition coefficient (Wildman–Crippen LogP) is 3.17. The van der Waals surface area contributed by atoms with Gasteiger partial charge in [-0.15, -0.1) is 10.2 Å². The second-order valence-electron chi connectivity index (χ2n) is 6.23. The van der Waals surface area contributed by atoms with Crippen molar-refractivity contribution in [2.24, 2.45) is 7.05 Å². The van der Waals surface area contributed by atoms with Gasteiger partial charge >= 0.3 is 0 Å². The van der Waals surface area contributed by atoms with Crippen molar-refractivity contribution in [3.8, 4) is 0 Å². The van der Waals surface area contributed by atoms with E-state index in [1.54, 1.807) is 17.7 Å². The van der Waals surface area contributed by atoms with E-state index in [0.29, 0.717) is 22.1 Å². The molecule has 8 heteroatoms. The predicted molar refractivity (Wildman–Crippen MR) is 105 cm³/mol. The second kappa shape index (κ2) is 8.79. The molecule has 1 amide bonds. The summed E-state index contributed by atoms with van der Waals surface area (Å²) in [6.45, 7) is 2.15. The van der Waals surface area contributed by atoms with Crippen molar-refractivity contribution in [3.63, 3.8) is 0 Å². The third-order valence-electron chi connectivity index (χ3n) is 4.11. The summed E-state index contributed by atoms with van der Waals surface area (Å²) in [5.74, 6) is 0.0510. The molecule has 0 aliphatic rings. The molecule has 1 aromatic heterocycles. The normalized spacial score (nSPS) is 10.7. The molecule has 0 unspecified atom stereocenters. The summed E-state index contributed by atoms with van der Waals surface area (Å²) in [6.07, 6.45) is 0. The van der Waals surface area contributed by atoms with Gasteiger partial charge in [0.1, 0.15) is 5.82 Å². The maximum Gasteiger partial charge on any atom is 0.251 e. The molecule has 0 bridgehead atoms. The number of hydrogen-bond donors (Lipinski definition) is 1. The number of carbonyl (C=O) groups excluding carboxylic acids is 2. The lowest BCUT2D eigenvalue weighted by molar-refractivity contribution is 0.0948. The maximum atomic E-state index is 12.9. The van der Waals surface area contributed by atoms with Crippen LogP contribution in [0.2, 0.25) is 0 Å². The molecule has 2 aromatic carbocycles. The van der Waals surface area contributed by atoms with Crippen LogP contribution in [0.3, 0.4) is 0 Å². The Morgan fingerprint density at radius 1 is 1.11 bits per heavy atom. The van der Waals surface area contributed by atoms with Gasteiger partial charge in [0, 0.05) is 18.2 Å². The Kier molecular flexibility index (Phi) is 6.20. The molecule has 0 aliphatic heterocycles. The Morgan fingerprint density at radius 3 is 2.57 bits per heavy atom. The Balaban J connectivity index is 1.57. The van der Waals surface area contributed by atoms with Gasteiger partial charge in [0.25, 0.3) is 5.91 Å². The maximum absolute atomic E-state index is 12.9. The van der Waals surface area contributed by atoms with E-state index in [0.717, 1.165) is 5.56 Å². The highest BCUT2D eigenvalue weighted by molar-refractivity contribution is 7.99. The number of amides is 1. The minimum absolute atomic E-state index is 0.123. The molecule has 0 saturated heterocycles. The van der Waals surface area contributed by atoms with Gasteiger partial charge in [-0.3, -0.25) is 9.59 Å². The molecule has 1 heterocycles. The molecule has 0 aliphatic carbocycles. The summed E-state index contributed by atoms with van der Waals surface area (Å²) in [6, 6.07) is 12.8. The van der Waals surface area contributed by atoms with Crippen LogP contribution in [0.25, 0.3) is 0 Å². The first-order valence-corrected chi connectivity index (χ1v) is 9.57. The molecular weight excluding hydrogens is 379 g/mol. The lowest BCUT2D eigenvalue weighted by atomic mass is 10.1. The third kappa shape index (κ3) is 4.83. The van der Waals surface area contributed by atoms with Gasteiger partial charge < -0.3 is 9.88 Å². The van der Waals surface area contributed by atoms with E-state index in [1.807, 2.05) is 25.1 Å². The van der Waals surface area contributed by atoms with Gasteiger partial charge in [0.05, 0.1) is 12.3 Å². The van der Waals surface area contributed by atoms with Crippen molar-refractivity contribution in [1.29, 1.82) is 0 Å². The second-order valence-corrected chi connectivity index (χ2v) is 7.17. The largest absolute Gasteiger partial charge is 0.345 e. The quantitative estimate of drug-likeness (QED) is 0.489. The fourth-order valence-electron chi connectivity index (χ4n) is 2.52. The molecule has 144 valence electrons. The minimum Gasteiger partial charge on any atom is -0.345 e. The van der Waals surface area contributed by atoms with Crippen molar-refractivity contribution in [2.45, 2.75) is 18.6 Å². The number of aryl methyl sites for hydroxylation is 1. The number of aromatic nitrogens is 3. The molecule has 1 N–H and O–H groups in total. The van der Waals surface area contributed by atoms with Gasteiger partial charge in [-0.05, 0) is 43.3 Å². The van der Waals surface area contributed by atoms with Crippen LogP contribution in [0.5, 0.6) is 0 Å². The molecule has 3 aromatic rings. The first kappa shape index (κ1) is 19.8. The summed E-state index contributed by atoms with van der Waals surface area (Å²) in [5, 5.41) is 11.5. The zero-order valence-corrected chi connectivity index (χ0v) is 16.3. The highest BCUT2D eigenvalue weighted by Gasteiger charge is 2.14. The lowest BCUT2D eigenvalue weighted by Gasteiger charge is -2.06. The van der Waals surface area contributed by atoms with Crippen LogP contribution in [0, 0.1) is 12.7 Å². The van der Waals surface area contributed by atoms with E-state index in [1.165, 1.54) is 36.0 Å². The molecule has 0 radical (unpaired) electrons. The van der Waals surface area contributed by atoms with Crippen LogP contribution < -0.4 is 5.32 Å². The van der Waals surface area contributed by atoms with E-state index in [2.05, 4.69) is 15.5 Å². The number of benzene rings is 2. The van der Waals surface area contributed by atoms with Crippen molar-refractivity contribution >= 4 is 23.5 Å². The van der Waals surface area contributed by atoms with Crippen LogP contribution >= 0.6 is 11.8 Å². The Bertz CT molecular complexity index is 1000. The Labute approximate surface area is 166 Å². The highest BCUT2D eigenvalue weighted by Crippen LogP contribution is 2.18. The average molecular weight is 398 g/mol. The van der Waals surface area contributed by atoms with Crippen molar-refractivity contribution < 1.29 is 14.0 Å². The zero-order valence-electron chi connectivity index (χ0n) is 15.5. The fourth-order valence-corrected chi connectivity index (χ4v) is 3.35. The minimum atomic E-state index is -0.380.